The molecular formula is C11H11F13OS. The highest BCUT2D eigenvalue weighted by Crippen LogP contribution is 2.60. The van der Waals surface area contributed by atoms with Crippen molar-refractivity contribution in [1.29, 1.82) is 0 Å². The molecule has 26 heavy (non-hydrogen) atoms. The van der Waals surface area contributed by atoms with Crippen LogP contribution in [0.25, 0.3) is 0 Å². The third kappa shape index (κ3) is 4.28. The number of hydrogen-bond acceptors (Lipinski definition) is 2. The minimum absolute atomic E-state index is 0.108. The molecule has 0 aromatic carbocycles. The van der Waals surface area contributed by atoms with Crippen molar-refractivity contribution in [3.8, 4) is 0 Å². The normalized spacial score (nSPS) is 15.5. The molecule has 0 aliphatic carbocycles. The van der Waals surface area contributed by atoms with Crippen molar-refractivity contribution in [1.82, 2.24) is 0 Å². The van der Waals surface area contributed by atoms with Crippen molar-refractivity contribution < 1.29 is 61.8 Å². The predicted molar refractivity (Wildman–Crippen MR) is 64.7 cm³/mol. The van der Waals surface area contributed by atoms with Crippen LogP contribution in [-0.4, -0.2) is 54.8 Å². The lowest BCUT2D eigenvalue weighted by Gasteiger charge is -2.39. The first-order chi connectivity index (χ1) is 11.3. The van der Waals surface area contributed by atoms with Gasteiger partial charge in [0, 0.05) is 13.0 Å². The summed E-state index contributed by atoms with van der Waals surface area (Å²) >= 11 is 3.65. The van der Waals surface area contributed by atoms with Crippen molar-refractivity contribution in [2.45, 2.75) is 48.6 Å². The number of alkyl halides is 13. The molecule has 158 valence electrons. The largest absolute Gasteiger partial charge is 0.460 e. The number of rotatable bonds is 10. The van der Waals surface area contributed by atoms with Crippen LogP contribution >= 0.6 is 12.6 Å². The van der Waals surface area contributed by atoms with E-state index < -0.39 is 48.8 Å². The molecule has 0 rings (SSSR count). The standard InChI is InChI=1S/C11H11F13OS/c12-6(13,2-4-25-3-1-5-26)7(14,15)8(16,17)9(18,19)10(20,21)11(22,23)24/h26H,1-5H2. The third-order valence-corrected chi connectivity index (χ3v) is 3.32. The van der Waals surface area contributed by atoms with E-state index >= 15 is 0 Å². The number of ether oxygens (including phenoxy) is 1. The Hall–Kier alpha value is -0.600. The van der Waals surface area contributed by atoms with E-state index in [0.29, 0.717) is 0 Å². The van der Waals surface area contributed by atoms with Crippen molar-refractivity contribution in [2.75, 3.05) is 19.0 Å². The second-order valence-corrected chi connectivity index (χ2v) is 5.39. The average molecular weight is 438 g/mol. The van der Waals surface area contributed by atoms with Gasteiger partial charge in [-0.3, -0.25) is 0 Å². The van der Waals surface area contributed by atoms with Gasteiger partial charge in [-0.05, 0) is 12.2 Å². The molecule has 15 heteroatoms. The second kappa shape index (κ2) is 7.80. The minimum Gasteiger partial charge on any atom is -0.381 e. The zero-order valence-corrected chi connectivity index (χ0v) is 13.2. The van der Waals surface area contributed by atoms with Gasteiger partial charge in [0.25, 0.3) is 0 Å². The Morgan fingerprint density at radius 3 is 1.38 bits per heavy atom. The van der Waals surface area contributed by atoms with Gasteiger partial charge in [0.1, 0.15) is 0 Å². The SMILES string of the molecule is FC(F)(F)C(F)(F)C(F)(F)C(F)(F)C(F)(F)C(F)(F)CCOCCCS. The van der Waals surface area contributed by atoms with Crippen molar-refractivity contribution in [3.63, 3.8) is 0 Å². The maximum absolute atomic E-state index is 13.2. The molecule has 0 amide bonds. The van der Waals surface area contributed by atoms with Crippen LogP contribution in [0.2, 0.25) is 0 Å². The van der Waals surface area contributed by atoms with Gasteiger partial charge in [-0.2, -0.15) is 69.7 Å². The fourth-order valence-corrected chi connectivity index (χ4v) is 1.56. The number of hydrogen-bond donors (Lipinski definition) is 1. The smallest absolute Gasteiger partial charge is 0.381 e. The topological polar surface area (TPSA) is 9.23 Å². The minimum atomic E-state index is -7.86. The summed E-state index contributed by atoms with van der Waals surface area (Å²) in [5.41, 5.74) is 0. The Bertz CT molecular complexity index is 459. The molecule has 0 spiro atoms. The number of halogens is 13. The fraction of sp³-hybridized carbons (Fsp3) is 1.00. The van der Waals surface area contributed by atoms with E-state index in [9.17, 15) is 57.1 Å². The molecule has 0 bridgehead atoms. The van der Waals surface area contributed by atoms with Gasteiger partial charge < -0.3 is 4.74 Å². The number of thiol groups is 1. The Balaban J connectivity index is 5.64. The van der Waals surface area contributed by atoms with Gasteiger partial charge in [-0.1, -0.05) is 0 Å². The van der Waals surface area contributed by atoms with Crippen LogP contribution in [0.1, 0.15) is 12.8 Å². The van der Waals surface area contributed by atoms with Crippen molar-refractivity contribution in [3.05, 3.63) is 0 Å². The highest BCUT2D eigenvalue weighted by molar-refractivity contribution is 7.80. The summed E-state index contributed by atoms with van der Waals surface area (Å²) in [6.45, 7) is -1.74. The second-order valence-electron chi connectivity index (χ2n) is 4.94. The highest BCUT2D eigenvalue weighted by atomic mass is 32.1. The van der Waals surface area contributed by atoms with Gasteiger partial charge in [0.2, 0.25) is 0 Å². The molecule has 0 unspecified atom stereocenters. The van der Waals surface area contributed by atoms with Crippen LogP contribution in [0.4, 0.5) is 57.1 Å². The van der Waals surface area contributed by atoms with Gasteiger partial charge in [-0.15, -0.1) is 0 Å². The summed E-state index contributed by atoms with van der Waals surface area (Å²) in [6.07, 6.45) is -9.63. The molecule has 0 saturated carbocycles. The van der Waals surface area contributed by atoms with E-state index in [-0.39, 0.29) is 18.8 Å². The summed E-state index contributed by atoms with van der Waals surface area (Å²) in [5.74, 6) is -36.5. The molecule has 0 saturated heterocycles. The van der Waals surface area contributed by atoms with Crippen molar-refractivity contribution >= 4 is 12.6 Å². The maximum Gasteiger partial charge on any atom is 0.460 e. The molecule has 1 nitrogen and oxygen atoms in total. The van der Waals surface area contributed by atoms with Crippen LogP contribution in [0, 0.1) is 0 Å². The fourth-order valence-electron chi connectivity index (χ4n) is 1.43. The van der Waals surface area contributed by atoms with E-state index in [4.69, 9.17) is 0 Å². The Morgan fingerprint density at radius 2 is 1.00 bits per heavy atom. The quantitative estimate of drug-likeness (QED) is 0.271. The monoisotopic (exact) mass is 438 g/mol. The zero-order valence-electron chi connectivity index (χ0n) is 12.3. The summed E-state index contributed by atoms with van der Waals surface area (Å²) < 4.78 is 170. The predicted octanol–water partition coefficient (Wildman–Crippen LogP) is 5.45. The van der Waals surface area contributed by atoms with Gasteiger partial charge in [0.15, 0.2) is 0 Å². The van der Waals surface area contributed by atoms with Gasteiger partial charge in [-0.25, -0.2) is 0 Å². The van der Waals surface area contributed by atoms with Crippen LogP contribution in [0.3, 0.4) is 0 Å². The Morgan fingerprint density at radius 1 is 0.577 bits per heavy atom. The first-order valence-electron chi connectivity index (χ1n) is 6.45. The van der Waals surface area contributed by atoms with E-state index in [2.05, 4.69) is 17.4 Å². The Kier molecular flexibility index (Phi) is 7.62. The van der Waals surface area contributed by atoms with E-state index in [1.165, 1.54) is 0 Å². The molecular weight excluding hydrogens is 427 g/mol. The third-order valence-electron chi connectivity index (χ3n) is 3.01. The van der Waals surface area contributed by atoms with E-state index in [1.807, 2.05) is 0 Å². The molecule has 0 radical (unpaired) electrons. The van der Waals surface area contributed by atoms with Gasteiger partial charge >= 0.3 is 35.8 Å². The summed E-state index contributed by atoms with van der Waals surface area (Å²) in [5, 5.41) is 0. The lowest BCUT2D eigenvalue weighted by Crippen LogP contribution is -2.70. The summed E-state index contributed by atoms with van der Waals surface area (Å²) in [6, 6.07) is 0. The van der Waals surface area contributed by atoms with Gasteiger partial charge in [0.05, 0.1) is 6.61 Å². The first kappa shape index (κ1) is 25.4. The summed E-state index contributed by atoms with van der Waals surface area (Å²) in [7, 11) is 0. The van der Waals surface area contributed by atoms with Crippen molar-refractivity contribution in [2.24, 2.45) is 0 Å². The highest BCUT2D eigenvalue weighted by Gasteiger charge is 2.90. The lowest BCUT2D eigenvalue weighted by molar-refractivity contribution is -0.440. The molecule has 0 heterocycles. The van der Waals surface area contributed by atoms with E-state index in [1.54, 1.807) is 0 Å². The molecule has 0 aromatic heterocycles. The Labute approximate surface area is 143 Å². The van der Waals surface area contributed by atoms with Crippen LogP contribution in [0.15, 0.2) is 0 Å². The molecule has 0 fully saturated rings. The molecule has 0 aromatic rings. The molecule has 0 aliphatic heterocycles. The molecule has 0 atom stereocenters. The van der Waals surface area contributed by atoms with Crippen LogP contribution < -0.4 is 0 Å². The van der Waals surface area contributed by atoms with Crippen LogP contribution in [0.5, 0.6) is 0 Å². The summed E-state index contributed by atoms with van der Waals surface area (Å²) in [4.78, 5) is 0. The van der Waals surface area contributed by atoms with Crippen LogP contribution in [-0.2, 0) is 4.74 Å². The van der Waals surface area contributed by atoms with E-state index in [0.717, 1.165) is 0 Å². The molecule has 0 aliphatic rings. The molecule has 0 N–H and O–H groups in total. The maximum atomic E-state index is 13.2. The zero-order chi connectivity index (χ0) is 21.2. The first-order valence-corrected chi connectivity index (χ1v) is 7.09. The average Bonchev–Trinajstić information content (AvgIpc) is 2.44. The lowest BCUT2D eigenvalue weighted by atomic mass is 9.93.